The van der Waals surface area contributed by atoms with E-state index in [4.69, 9.17) is 27.9 Å². The Bertz CT molecular complexity index is 855. The zero-order valence-corrected chi connectivity index (χ0v) is 16.1. The first kappa shape index (κ1) is 20.7. The predicted octanol–water partition coefficient (Wildman–Crippen LogP) is 3.47. The van der Waals surface area contributed by atoms with Crippen molar-refractivity contribution in [3.8, 4) is 0 Å². The van der Waals surface area contributed by atoms with E-state index in [1.807, 2.05) is 25.1 Å². The number of benzene rings is 2. The number of rotatable bonds is 7. The largest absolute Gasteiger partial charge is 0.452 e. The first-order valence-electron chi connectivity index (χ1n) is 8.18. The van der Waals surface area contributed by atoms with Gasteiger partial charge in [-0.2, -0.15) is 0 Å². The Labute approximate surface area is 166 Å². The molecule has 6 nitrogen and oxygen atoms in total. The van der Waals surface area contributed by atoms with Crippen molar-refractivity contribution in [3.05, 3.63) is 63.6 Å². The highest BCUT2D eigenvalue weighted by atomic mass is 35.5. The molecule has 0 heterocycles. The van der Waals surface area contributed by atoms with Gasteiger partial charge in [0.25, 0.3) is 5.91 Å². The molecule has 142 valence electrons. The highest BCUT2D eigenvalue weighted by Crippen LogP contribution is 2.25. The van der Waals surface area contributed by atoms with Crippen LogP contribution in [0, 0.1) is 0 Å². The number of hydrogen-bond acceptors (Lipinski definition) is 4. The van der Waals surface area contributed by atoms with E-state index in [1.165, 1.54) is 12.1 Å². The molecule has 0 saturated carbocycles. The average molecular weight is 409 g/mol. The molecule has 0 fully saturated rings. The number of anilines is 1. The molecule has 0 aliphatic carbocycles. The smallest absolute Gasteiger partial charge is 0.340 e. The summed E-state index contributed by atoms with van der Waals surface area (Å²) >= 11 is 11.8. The number of para-hydroxylation sites is 1. The second-order valence-electron chi connectivity index (χ2n) is 5.51. The van der Waals surface area contributed by atoms with E-state index in [0.29, 0.717) is 5.69 Å². The van der Waals surface area contributed by atoms with Crippen molar-refractivity contribution in [2.75, 3.05) is 18.5 Å². The number of esters is 1. The number of hydrogen-bond donors (Lipinski definition) is 2. The molecule has 8 heteroatoms. The number of amides is 2. The summed E-state index contributed by atoms with van der Waals surface area (Å²) in [7, 11) is 0. The maximum atomic E-state index is 12.0. The van der Waals surface area contributed by atoms with Gasteiger partial charge in [0, 0.05) is 5.69 Å². The first-order chi connectivity index (χ1) is 12.9. The van der Waals surface area contributed by atoms with Crippen LogP contribution in [0.5, 0.6) is 0 Å². The molecule has 2 aromatic carbocycles. The SMILES string of the molecule is CCc1ccccc1NC(=O)CNC(=O)COC(=O)c1cccc(Cl)c1Cl. The van der Waals surface area contributed by atoms with E-state index in [9.17, 15) is 14.4 Å². The predicted molar refractivity (Wildman–Crippen MR) is 104 cm³/mol. The third-order valence-corrected chi connectivity index (χ3v) is 4.44. The summed E-state index contributed by atoms with van der Waals surface area (Å²) in [5, 5.41) is 5.38. The maximum absolute atomic E-state index is 12.0. The Morgan fingerprint density at radius 3 is 2.48 bits per heavy atom. The van der Waals surface area contributed by atoms with Gasteiger partial charge in [0.2, 0.25) is 5.91 Å². The fourth-order valence-electron chi connectivity index (χ4n) is 2.25. The van der Waals surface area contributed by atoms with Gasteiger partial charge < -0.3 is 15.4 Å². The van der Waals surface area contributed by atoms with Crippen LogP contribution in [0.1, 0.15) is 22.8 Å². The molecule has 0 atom stereocenters. The Kier molecular flexibility index (Phi) is 7.64. The molecule has 0 aromatic heterocycles. The quantitative estimate of drug-likeness (QED) is 0.686. The van der Waals surface area contributed by atoms with Gasteiger partial charge in [-0.25, -0.2) is 4.79 Å². The third-order valence-electron chi connectivity index (χ3n) is 3.62. The lowest BCUT2D eigenvalue weighted by molar-refractivity contribution is -0.126. The highest BCUT2D eigenvalue weighted by molar-refractivity contribution is 6.43. The van der Waals surface area contributed by atoms with Gasteiger partial charge in [-0.15, -0.1) is 0 Å². The van der Waals surface area contributed by atoms with Crippen LogP contribution in [-0.4, -0.2) is 30.9 Å². The first-order valence-corrected chi connectivity index (χ1v) is 8.93. The van der Waals surface area contributed by atoms with E-state index >= 15 is 0 Å². The molecule has 2 aromatic rings. The van der Waals surface area contributed by atoms with Crippen molar-refractivity contribution in [2.24, 2.45) is 0 Å². The summed E-state index contributed by atoms with van der Waals surface area (Å²) in [6.07, 6.45) is 0.769. The van der Waals surface area contributed by atoms with Crippen LogP contribution in [0.15, 0.2) is 42.5 Å². The van der Waals surface area contributed by atoms with Crippen LogP contribution in [0.25, 0.3) is 0 Å². The van der Waals surface area contributed by atoms with E-state index in [1.54, 1.807) is 12.1 Å². The van der Waals surface area contributed by atoms with Gasteiger partial charge in [0.1, 0.15) is 0 Å². The summed E-state index contributed by atoms with van der Waals surface area (Å²) in [4.78, 5) is 35.7. The second-order valence-corrected chi connectivity index (χ2v) is 6.30. The summed E-state index contributed by atoms with van der Waals surface area (Å²) in [5.74, 6) is -1.77. The minimum atomic E-state index is -0.779. The molecule has 2 amide bonds. The highest BCUT2D eigenvalue weighted by Gasteiger charge is 2.16. The molecular formula is C19H18Cl2N2O4. The Morgan fingerprint density at radius 1 is 1.00 bits per heavy atom. The lowest BCUT2D eigenvalue weighted by Crippen LogP contribution is -2.35. The van der Waals surface area contributed by atoms with Crippen molar-refractivity contribution in [1.82, 2.24) is 5.32 Å². The van der Waals surface area contributed by atoms with Crippen molar-refractivity contribution in [2.45, 2.75) is 13.3 Å². The Balaban J connectivity index is 1.79. The molecule has 2 rings (SSSR count). The van der Waals surface area contributed by atoms with Crippen LogP contribution in [0.3, 0.4) is 0 Å². The number of nitrogens with one attached hydrogen (secondary N) is 2. The number of ether oxygens (including phenoxy) is 1. The van der Waals surface area contributed by atoms with E-state index < -0.39 is 18.5 Å². The zero-order chi connectivity index (χ0) is 19.8. The van der Waals surface area contributed by atoms with Gasteiger partial charge >= 0.3 is 5.97 Å². The lowest BCUT2D eigenvalue weighted by Gasteiger charge is -2.10. The molecule has 0 saturated heterocycles. The summed E-state index contributed by atoms with van der Waals surface area (Å²) in [6, 6.07) is 11.9. The minimum absolute atomic E-state index is 0.0542. The molecule has 0 aliphatic rings. The number of aryl methyl sites for hydroxylation is 1. The van der Waals surface area contributed by atoms with Gasteiger partial charge in [0.15, 0.2) is 6.61 Å². The standard InChI is InChI=1S/C19H18Cl2N2O4/c1-2-12-6-3-4-9-15(12)23-16(24)10-22-17(25)11-27-19(26)13-7-5-8-14(20)18(13)21/h3-9H,2,10-11H2,1H3,(H,22,25)(H,23,24). The monoisotopic (exact) mass is 408 g/mol. The molecule has 0 radical (unpaired) electrons. The van der Waals surface area contributed by atoms with Crippen molar-refractivity contribution in [1.29, 1.82) is 0 Å². The fourth-order valence-corrected chi connectivity index (χ4v) is 2.62. The van der Waals surface area contributed by atoms with E-state index in [-0.39, 0.29) is 28.1 Å². The normalized spacial score (nSPS) is 10.2. The van der Waals surface area contributed by atoms with Gasteiger partial charge in [0.05, 0.1) is 22.2 Å². The topological polar surface area (TPSA) is 84.5 Å². The van der Waals surface area contributed by atoms with Crippen LogP contribution in [0.2, 0.25) is 10.0 Å². The minimum Gasteiger partial charge on any atom is -0.452 e. The molecular weight excluding hydrogens is 391 g/mol. The van der Waals surface area contributed by atoms with Gasteiger partial charge in [-0.1, -0.05) is 54.4 Å². The molecule has 27 heavy (non-hydrogen) atoms. The number of carbonyl (C=O) groups is 3. The van der Waals surface area contributed by atoms with Crippen molar-refractivity contribution < 1.29 is 19.1 Å². The van der Waals surface area contributed by atoms with Crippen LogP contribution in [-0.2, 0) is 20.7 Å². The van der Waals surface area contributed by atoms with E-state index in [0.717, 1.165) is 12.0 Å². The van der Waals surface area contributed by atoms with Crippen LogP contribution >= 0.6 is 23.2 Å². The zero-order valence-electron chi connectivity index (χ0n) is 14.6. The number of halogens is 2. The van der Waals surface area contributed by atoms with Crippen LogP contribution < -0.4 is 10.6 Å². The van der Waals surface area contributed by atoms with Crippen LogP contribution in [0.4, 0.5) is 5.69 Å². The molecule has 2 N–H and O–H groups in total. The molecule has 0 spiro atoms. The maximum Gasteiger partial charge on any atom is 0.340 e. The summed E-state index contributed by atoms with van der Waals surface area (Å²) < 4.78 is 4.89. The molecule has 0 bridgehead atoms. The van der Waals surface area contributed by atoms with Gasteiger partial charge in [-0.3, -0.25) is 9.59 Å². The number of carbonyl (C=O) groups excluding carboxylic acids is 3. The second kappa shape index (κ2) is 9.94. The molecule has 0 unspecified atom stereocenters. The van der Waals surface area contributed by atoms with Crippen molar-refractivity contribution >= 4 is 46.7 Å². The van der Waals surface area contributed by atoms with Gasteiger partial charge in [-0.05, 0) is 30.2 Å². The van der Waals surface area contributed by atoms with E-state index in [2.05, 4.69) is 10.6 Å². The average Bonchev–Trinajstić information content (AvgIpc) is 2.67. The molecule has 0 aliphatic heterocycles. The lowest BCUT2D eigenvalue weighted by atomic mass is 10.1. The Morgan fingerprint density at radius 2 is 1.74 bits per heavy atom. The fraction of sp³-hybridized carbons (Fsp3) is 0.211. The Hall–Kier alpha value is -2.57. The summed E-state index contributed by atoms with van der Waals surface area (Å²) in [6.45, 7) is 1.19. The van der Waals surface area contributed by atoms with Crippen molar-refractivity contribution in [3.63, 3.8) is 0 Å². The summed E-state index contributed by atoms with van der Waals surface area (Å²) in [5.41, 5.74) is 1.75. The third kappa shape index (κ3) is 5.98.